The predicted molar refractivity (Wildman–Crippen MR) is 85.3 cm³/mol. The number of nitrogens with zero attached hydrogens (tertiary/aromatic N) is 2. The van der Waals surface area contributed by atoms with Gasteiger partial charge in [0.15, 0.2) is 0 Å². The van der Waals surface area contributed by atoms with Gasteiger partial charge in [0, 0.05) is 11.8 Å². The highest BCUT2D eigenvalue weighted by molar-refractivity contribution is 5.93. The van der Waals surface area contributed by atoms with Crippen LogP contribution < -0.4 is 10.9 Å². The molecular weight excluding hydrogens is 354 g/mol. The van der Waals surface area contributed by atoms with E-state index in [9.17, 15) is 27.2 Å². The van der Waals surface area contributed by atoms with E-state index >= 15 is 0 Å². The number of aromatic nitrogens is 2. The van der Waals surface area contributed by atoms with Gasteiger partial charge in [-0.3, -0.25) is 9.59 Å². The maximum atomic E-state index is 13.3. The highest BCUT2D eigenvalue weighted by Crippen LogP contribution is 2.33. The second-order valence-corrected chi connectivity index (χ2v) is 6.11. The molecule has 0 bridgehead atoms. The number of hydrogen-bond donors (Lipinski definition) is 1. The van der Waals surface area contributed by atoms with E-state index in [4.69, 9.17) is 0 Å². The Morgan fingerprint density at radius 1 is 1.27 bits per heavy atom. The largest absolute Gasteiger partial charge is 0.419 e. The van der Waals surface area contributed by atoms with Gasteiger partial charge in [0.25, 0.3) is 5.56 Å². The minimum Gasteiger partial charge on any atom is -0.324 e. The van der Waals surface area contributed by atoms with Crippen molar-refractivity contribution in [1.29, 1.82) is 0 Å². The first-order valence-corrected chi connectivity index (χ1v) is 7.96. The van der Waals surface area contributed by atoms with Gasteiger partial charge in [-0.2, -0.15) is 18.3 Å². The van der Waals surface area contributed by atoms with E-state index < -0.39 is 35.1 Å². The number of hydrogen-bond acceptors (Lipinski definition) is 3. The van der Waals surface area contributed by atoms with Gasteiger partial charge in [-0.05, 0) is 49.9 Å². The average Bonchev–Trinajstić information content (AvgIpc) is 3.01. The Morgan fingerprint density at radius 3 is 2.69 bits per heavy atom. The van der Waals surface area contributed by atoms with Crippen LogP contribution in [-0.2, 0) is 23.8 Å². The number of carbonyl (C=O) groups is 1. The van der Waals surface area contributed by atoms with Gasteiger partial charge in [0.2, 0.25) is 5.91 Å². The third-order valence-corrected chi connectivity index (χ3v) is 4.27. The zero-order chi connectivity index (χ0) is 19.1. The second-order valence-electron chi connectivity index (χ2n) is 6.11. The van der Waals surface area contributed by atoms with Crippen molar-refractivity contribution in [3.05, 3.63) is 57.3 Å². The first-order chi connectivity index (χ1) is 12.2. The highest BCUT2D eigenvalue weighted by atomic mass is 19.4. The number of amides is 1. The molecule has 0 saturated carbocycles. The summed E-state index contributed by atoms with van der Waals surface area (Å²) in [6.45, 7) is 1.42. The van der Waals surface area contributed by atoms with Crippen LogP contribution >= 0.6 is 0 Å². The van der Waals surface area contributed by atoms with Crippen molar-refractivity contribution in [2.75, 3.05) is 5.32 Å². The van der Waals surface area contributed by atoms with Crippen LogP contribution in [0.3, 0.4) is 0 Å². The first kappa shape index (κ1) is 18.1. The molecule has 1 aromatic carbocycles. The van der Waals surface area contributed by atoms with Crippen molar-refractivity contribution in [2.45, 2.75) is 38.4 Å². The van der Waals surface area contributed by atoms with Gasteiger partial charge in [-0.1, -0.05) is 0 Å². The van der Waals surface area contributed by atoms with Crippen molar-refractivity contribution < 1.29 is 22.4 Å². The van der Waals surface area contributed by atoms with Gasteiger partial charge >= 0.3 is 6.18 Å². The number of halogens is 4. The van der Waals surface area contributed by atoms with Crippen molar-refractivity contribution in [3.8, 4) is 0 Å². The topological polar surface area (TPSA) is 64.0 Å². The van der Waals surface area contributed by atoms with E-state index in [2.05, 4.69) is 10.4 Å². The van der Waals surface area contributed by atoms with Gasteiger partial charge in [0.1, 0.15) is 11.9 Å². The Morgan fingerprint density at radius 2 is 2.00 bits per heavy atom. The lowest BCUT2D eigenvalue weighted by Crippen LogP contribution is -2.34. The van der Waals surface area contributed by atoms with Crippen LogP contribution in [0.4, 0.5) is 23.2 Å². The standard InChI is InChI=1S/C17H15F4N3O2/c1-9(24-15(25)7-10-3-2-4-14(10)23-24)16(26)22-11-5-6-13(18)12(8-11)17(19,20)21/h5-9H,2-4H2,1H3,(H,22,26). The molecule has 0 radical (unpaired) electrons. The van der Waals surface area contributed by atoms with E-state index in [1.54, 1.807) is 0 Å². The van der Waals surface area contributed by atoms with Gasteiger partial charge in [-0.25, -0.2) is 9.07 Å². The number of alkyl halides is 3. The molecular formula is C17H15F4N3O2. The maximum absolute atomic E-state index is 13.3. The Labute approximate surface area is 145 Å². The highest BCUT2D eigenvalue weighted by Gasteiger charge is 2.34. The van der Waals surface area contributed by atoms with Crippen molar-refractivity contribution >= 4 is 11.6 Å². The molecule has 3 rings (SSSR count). The monoisotopic (exact) mass is 369 g/mol. The Balaban J connectivity index is 1.84. The maximum Gasteiger partial charge on any atom is 0.419 e. The molecule has 1 aliphatic rings. The molecule has 1 aromatic heterocycles. The fraction of sp³-hybridized carbons (Fsp3) is 0.353. The Kier molecular flexibility index (Phi) is 4.55. The predicted octanol–water partition coefficient (Wildman–Crippen LogP) is 3.09. The number of anilines is 1. The molecule has 2 aromatic rings. The summed E-state index contributed by atoms with van der Waals surface area (Å²) in [4.78, 5) is 24.5. The SMILES string of the molecule is CC(C(=O)Nc1ccc(F)c(C(F)(F)F)c1)n1nc2c(cc1=O)CCC2. The molecule has 1 unspecified atom stereocenters. The minimum atomic E-state index is -4.88. The lowest BCUT2D eigenvalue weighted by molar-refractivity contribution is -0.140. The molecule has 1 amide bonds. The van der Waals surface area contributed by atoms with Crippen LogP contribution in [0.25, 0.3) is 0 Å². The van der Waals surface area contributed by atoms with Crippen molar-refractivity contribution in [3.63, 3.8) is 0 Å². The summed E-state index contributed by atoms with van der Waals surface area (Å²) in [5, 5.41) is 6.46. The molecule has 0 aliphatic heterocycles. The number of fused-ring (bicyclic) bond motifs is 1. The molecule has 0 spiro atoms. The third kappa shape index (κ3) is 3.47. The summed E-state index contributed by atoms with van der Waals surface area (Å²) in [5.41, 5.74) is -0.554. The average molecular weight is 369 g/mol. The normalized spacial score (nSPS) is 14.8. The molecule has 1 N–H and O–H groups in total. The zero-order valence-corrected chi connectivity index (χ0v) is 13.7. The Hall–Kier alpha value is -2.71. The van der Waals surface area contributed by atoms with Crippen LogP contribution in [0.1, 0.15) is 36.2 Å². The van der Waals surface area contributed by atoms with Crippen LogP contribution in [0.15, 0.2) is 29.1 Å². The summed E-state index contributed by atoms with van der Waals surface area (Å²) < 4.78 is 52.6. The van der Waals surface area contributed by atoms with E-state index in [0.29, 0.717) is 18.6 Å². The summed E-state index contributed by atoms with van der Waals surface area (Å²) in [7, 11) is 0. The van der Waals surface area contributed by atoms with E-state index in [0.717, 1.165) is 34.8 Å². The Bertz CT molecular complexity index is 921. The molecule has 5 nitrogen and oxygen atoms in total. The zero-order valence-electron chi connectivity index (χ0n) is 13.7. The molecule has 0 saturated heterocycles. The number of nitrogens with one attached hydrogen (secondary N) is 1. The summed E-state index contributed by atoms with van der Waals surface area (Å²) in [5.74, 6) is -2.16. The quantitative estimate of drug-likeness (QED) is 0.846. The van der Waals surface area contributed by atoms with Crippen LogP contribution in [0, 0.1) is 5.82 Å². The van der Waals surface area contributed by atoms with Crippen LogP contribution in [0.5, 0.6) is 0 Å². The smallest absolute Gasteiger partial charge is 0.324 e. The van der Waals surface area contributed by atoms with Crippen molar-refractivity contribution in [1.82, 2.24) is 9.78 Å². The molecule has 1 heterocycles. The fourth-order valence-electron chi connectivity index (χ4n) is 2.87. The summed E-state index contributed by atoms with van der Waals surface area (Å²) >= 11 is 0. The van der Waals surface area contributed by atoms with E-state index in [1.807, 2.05) is 0 Å². The first-order valence-electron chi connectivity index (χ1n) is 7.96. The lowest BCUT2D eigenvalue weighted by Gasteiger charge is -2.16. The lowest BCUT2D eigenvalue weighted by atomic mass is 10.1. The van der Waals surface area contributed by atoms with E-state index in [-0.39, 0.29) is 5.69 Å². The number of aryl methyl sites for hydroxylation is 2. The van der Waals surface area contributed by atoms with Gasteiger partial charge in [0.05, 0.1) is 11.3 Å². The van der Waals surface area contributed by atoms with Crippen LogP contribution in [0.2, 0.25) is 0 Å². The number of carbonyl (C=O) groups excluding carboxylic acids is 1. The molecule has 0 fully saturated rings. The van der Waals surface area contributed by atoms with Crippen LogP contribution in [-0.4, -0.2) is 15.7 Å². The van der Waals surface area contributed by atoms with Gasteiger partial charge < -0.3 is 5.32 Å². The van der Waals surface area contributed by atoms with E-state index in [1.165, 1.54) is 13.0 Å². The second kappa shape index (κ2) is 6.54. The molecule has 138 valence electrons. The molecule has 26 heavy (non-hydrogen) atoms. The molecule has 1 aliphatic carbocycles. The molecule has 9 heteroatoms. The third-order valence-electron chi connectivity index (χ3n) is 4.27. The summed E-state index contributed by atoms with van der Waals surface area (Å²) in [6.07, 6.45) is -2.54. The van der Waals surface area contributed by atoms with Crippen molar-refractivity contribution in [2.24, 2.45) is 0 Å². The number of benzene rings is 1. The minimum absolute atomic E-state index is 0.218. The molecule has 1 atom stereocenters. The fourth-order valence-corrected chi connectivity index (χ4v) is 2.87. The van der Waals surface area contributed by atoms with Gasteiger partial charge in [-0.15, -0.1) is 0 Å². The number of rotatable bonds is 3. The summed E-state index contributed by atoms with van der Waals surface area (Å²) in [6, 6.07) is 2.56.